The number of ether oxygens (including phenoxy) is 1. The van der Waals surface area contributed by atoms with Crippen molar-refractivity contribution in [1.82, 2.24) is 4.31 Å². The quantitative estimate of drug-likeness (QED) is 0.580. The molecular formula is C20H22Cl2N2O5S. The topological polar surface area (TPSA) is 92.8 Å². The number of carbonyl (C=O) groups is 2. The van der Waals surface area contributed by atoms with Crippen LogP contribution in [0.15, 0.2) is 47.4 Å². The van der Waals surface area contributed by atoms with Gasteiger partial charge in [-0.05, 0) is 49.4 Å². The van der Waals surface area contributed by atoms with Crippen molar-refractivity contribution < 1.29 is 22.7 Å². The number of anilines is 1. The van der Waals surface area contributed by atoms with Gasteiger partial charge in [0.25, 0.3) is 5.91 Å². The second kappa shape index (κ2) is 10.3. The van der Waals surface area contributed by atoms with Crippen molar-refractivity contribution in [2.75, 3.05) is 18.4 Å². The van der Waals surface area contributed by atoms with Crippen LogP contribution in [-0.2, 0) is 19.6 Å². The molecule has 1 amide bonds. The number of benzene rings is 2. The second-order valence-electron chi connectivity index (χ2n) is 6.27. The van der Waals surface area contributed by atoms with E-state index in [1.165, 1.54) is 47.6 Å². The fourth-order valence-corrected chi connectivity index (χ4v) is 4.38. The van der Waals surface area contributed by atoms with Gasteiger partial charge in [0.15, 0.2) is 6.10 Å². The van der Waals surface area contributed by atoms with E-state index in [4.69, 9.17) is 27.9 Å². The molecule has 30 heavy (non-hydrogen) atoms. The number of hydrogen-bond acceptors (Lipinski definition) is 5. The maximum atomic E-state index is 12.5. The predicted octanol–water partition coefficient (Wildman–Crippen LogP) is 4.21. The van der Waals surface area contributed by atoms with Gasteiger partial charge in [-0.1, -0.05) is 37.0 Å². The van der Waals surface area contributed by atoms with E-state index in [0.717, 1.165) is 0 Å². The van der Waals surface area contributed by atoms with Crippen LogP contribution in [0.2, 0.25) is 10.0 Å². The SMILES string of the molecule is CCN(CC)S(=O)(=O)c1ccc(C(=O)O[C@@H](C)C(=O)Nc2cc(Cl)ccc2Cl)cc1. The van der Waals surface area contributed by atoms with Gasteiger partial charge in [0, 0.05) is 18.1 Å². The minimum absolute atomic E-state index is 0.0733. The molecule has 1 N–H and O–H groups in total. The Balaban J connectivity index is 2.06. The zero-order valence-electron chi connectivity index (χ0n) is 16.7. The smallest absolute Gasteiger partial charge is 0.338 e. The van der Waals surface area contributed by atoms with Crippen molar-refractivity contribution in [1.29, 1.82) is 0 Å². The summed E-state index contributed by atoms with van der Waals surface area (Å²) in [7, 11) is -3.63. The molecule has 0 radical (unpaired) electrons. The monoisotopic (exact) mass is 472 g/mol. The van der Waals surface area contributed by atoms with Gasteiger partial charge in [0.2, 0.25) is 10.0 Å². The molecule has 0 saturated heterocycles. The lowest BCUT2D eigenvalue weighted by atomic mass is 10.2. The molecule has 0 unspecified atom stereocenters. The van der Waals surface area contributed by atoms with Gasteiger partial charge >= 0.3 is 5.97 Å². The van der Waals surface area contributed by atoms with E-state index in [2.05, 4.69) is 5.32 Å². The summed E-state index contributed by atoms with van der Waals surface area (Å²) in [5.41, 5.74) is 0.414. The number of amides is 1. The third-order valence-electron chi connectivity index (χ3n) is 4.27. The normalized spacial score (nSPS) is 12.5. The number of rotatable bonds is 8. The number of hydrogen-bond donors (Lipinski definition) is 1. The van der Waals surface area contributed by atoms with E-state index in [0.29, 0.717) is 23.8 Å². The van der Waals surface area contributed by atoms with Crippen molar-refractivity contribution in [3.63, 3.8) is 0 Å². The molecule has 7 nitrogen and oxygen atoms in total. The first-order valence-corrected chi connectivity index (χ1v) is 11.4. The van der Waals surface area contributed by atoms with Gasteiger partial charge in [0.05, 0.1) is 21.2 Å². The average Bonchev–Trinajstić information content (AvgIpc) is 2.71. The largest absolute Gasteiger partial charge is 0.449 e. The van der Waals surface area contributed by atoms with E-state index < -0.39 is 28.0 Å². The van der Waals surface area contributed by atoms with E-state index in [9.17, 15) is 18.0 Å². The lowest BCUT2D eigenvalue weighted by molar-refractivity contribution is -0.123. The van der Waals surface area contributed by atoms with Crippen molar-refractivity contribution in [3.8, 4) is 0 Å². The Bertz CT molecular complexity index is 1020. The molecule has 0 aromatic heterocycles. The molecule has 0 aliphatic heterocycles. The molecule has 2 aromatic carbocycles. The molecule has 0 aliphatic carbocycles. The standard InChI is InChI=1S/C20H22Cl2N2O5S/c1-4-24(5-2)30(27,28)16-9-6-14(7-10-16)20(26)29-13(3)19(25)23-18-12-15(21)8-11-17(18)22/h6-13H,4-5H2,1-3H3,(H,23,25)/t13-/m0/s1. The highest BCUT2D eigenvalue weighted by Crippen LogP contribution is 2.25. The highest BCUT2D eigenvalue weighted by molar-refractivity contribution is 7.89. The number of esters is 1. The van der Waals surface area contributed by atoms with Gasteiger partial charge < -0.3 is 10.1 Å². The van der Waals surface area contributed by atoms with Crippen LogP contribution >= 0.6 is 23.2 Å². The summed E-state index contributed by atoms with van der Waals surface area (Å²) in [6.07, 6.45) is -1.12. The fourth-order valence-electron chi connectivity index (χ4n) is 2.59. The first kappa shape index (κ1) is 24.1. The van der Waals surface area contributed by atoms with Gasteiger partial charge in [-0.3, -0.25) is 4.79 Å². The molecule has 162 valence electrons. The van der Waals surface area contributed by atoms with Gasteiger partial charge in [-0.15, -0.1) is 0 Å². The molecular weight excluding hydrogens is 451 g/mol. The average molecular weight is 473 g/mol. The highest BCUT2D eigenvalue weighted by Gasteiger charge is 2.23. The minimum Gasteiger partial charge on any atom is -0.449 e. The first-order chi connectivity index (χ1) is 14.1. The van der Waals surface area contributed by atoms with Crippen LogP contribution in [0.1, 0.15) is 31.1 Å². The number of carbonyl (C=O) groups excluding carboxylic acids is 2. The van der Waals surface area contributed by atoms with E-state index in [1.54, 1.807) is 19.9 Å². The predicted molar refractivity (Wildman–Crippen MR) is 117 cm³/mol. The Morgan fingerprint density at radius 3 is 2.23 bits per heavy atom. The van der Waals surface area contributed by atoms with E-state index in [1.807, 2.05) is 0 Å². The Labute approximate surface area is 186 Å². The molecule has 0 saturated carbocycles. The molecule has 2 aromatic rings. The molecule has 0 fully saturated rings. The summed E-state index contributed by atoms with van der Waals surface area (Å²) < 4.78 is 31.5. The summed E-state index contributed by atoms with van der Waals surface area (Å²) in [6, 6.07) is 9.94. The Morgan fingerprint density at radius 1 is 1.07 bits per heavy atom. The summed E-state index contributed by atoms with van der Waals surface area (Å²) in [5.74, 6) is -1.35. The second-order valence-corrected chi connectivity index (χ2v) is 9.06. The number of nitrogens with one attached hydrogen (secondary N) is 1. The van der Waals surface area contributed by atoms with Gasteiger partial charge in [-0.2, -0.15) is 4.31 Å². The molecule has 0 heterocycles. The van der Waals surface area contributed by atoms with Crippen molar-refractivity contribution in [2.24, 2.45) is 0 Å². The van der Waals surface area contributed by atoms with E-state index in [-0.39, 0.29) is 15.5 Å². The fraction of sp³-hybridized carbons (Fsp3) is 0.300. The van der Waals surface area contributed by atoms with Gasteiger partial charge in [0.1, 0.15) is 0 Å². The van der Waals surface area contributed by atoms with Crippen LogP contribution in [0.4, 0.5) is 5.69 Å². The lowest BCUT2D eigenvalue weighted by Gasteiger charge is -2.18. The van der Waals surface area contributed by atoms with Gasteiger partial charge in [-0.25, -0.2) is 13.2 Å². The van der Waals surface area contributed by atoms with Crippen LogP contribution in [0.25, 0.3) is 0 Å². The molecule has 2 rings (SSSR count). The van der Waals surface area contributed by atoms with Crippen LogP contribution < -0.4 is 5.32 Å². The van der Waals surface area contributed by atoms with E-state index >= 15 is 0 Å². The number of halogens is 2. The number of nitrogens with zero attached hydrogens (tertiary/aromatic N) is 1. The summed E-state index contributed by atoms with van der Waals surface area (Å²) in [6.45, 7) is 5.58. The van der Waals surface area contributed by atoms with Crippen LogP contribution in [-0.4, -0.2) is 43.8 Å². The maximum absolute atomic E-state index is 12.5. The lowest BCUT2D eigenvalue weighted by Crippen LogP contribution is -2.31. The van der Waals surface area contributed by atoms with Crippen molar-refractivity contribution >= 4 is 50.8 Å². The maximum Gasteiger partial charge on any atom is 0.338 e. The van der Waals surface area contributed by atoms with Crippen LogP contribution in [0.3, 0.4) is 0 Å². The Morgan fingerprint density at radius 2 is 1.67 bits per heavy atom. The van der Waals surface area contributed by atoms with Crippen LogP contribution in [0, 0.1) is 0 Å². The molecule has 10 heteroatoms. The summed E-state index contributed by atoms with van der Waals surface area (Å²) in [5, 5.41) is 3.22. The molecule has 0 bridgehead atoms. The minimum atomic E-state index is -3.63. The van der Waals surface area contributed by atoms with Crippen molar-refractivity contribution in [2.45, 2.75) is 31.8 Å². The zero-order valence-corrected chi connectivity index (χ0v) is 19.0. The Kier molecular flexibility index (Phi) is 8.25. The summed E-state index contributed by atoms with van der Waals surface area (Å²) >= 11 is 11.9. The highest BCUT2D eigenvalue weighted by atomic mass is 35.5. The van der Waals surface area contributed by atoms with Crippen LogP contribution in [0.5, 0.6) is 0 Å². The number of sulfonamides is 1. The first-order valence-electron chi connectivity index (χ1n) is 9.17. The third kappa shape index (κ3) is 5.72. The van der Waals surface area contributed by atoms with Crippen molar-refractivity contribution in [3.05, 3.63) is 58.1 Å². The third-order valence-corrected chi connectivity index (χ3v) is 6.90. The molecule has 0 aliphatic rings. The molecule has 0 spiro atoms. The summed E-state index contributed by atoms with van der Waals surface area (Å²) in [4.78, 5) is 24.7. The Hall–Kier alpha value is -2.13. The molecule has 1 atom stereocenters. The zero-order chi connectivity index (χ0) is 22.5.